The molecule has 0 spiro atoms. The molecule has 3 atom stereocenters. The lowest BCUT2D eigenvalue weighted by molar-refractivity contribution is 0.0329. The zero-order chi connectivity index (χ0) is 16.7. The van der Waals surface area contributed by atoms with Crippen molar-refractivity contribution < 1.29 is 14.1 Å². The highest BCUT2D eigenvalue weighted by Crippen LogP contribution is 2.34. The van der Waals surface area contributed by atoms with E-state index in [1.165, 1.54) is 6.20 Å². The number of carbonyl (C=O) groups is 1. The van der Waals surface area contributed by atoms with Crippen molar-refractivity contribution >= 4 is 5.91 Å². The van der Waals surface area contributed by atoms with Crippen molar-refractivity contribution in [1.82, 2.24) is 25.0 Å². The van der Waals surface area contributed by atoms with Crippen LogP contribution in [0.2, 0.25) is 0 Å². The van der Waals surface area contributed by atoms with Gasteiger partial charge in [-0.1, -0.05) is 5.16 Å². The lowest BCUT2D eigenvalue weighted by Gasteiger charge is -2.18. The maximum Gasteiger partial charge on any atom is 0.274 e. The Balaban J connectivity index is 1.35. The van der Waals surface area contributed by atoms with Crippen molar-refractivity contribution in [3.8, 4) is 0 Å². The van der Waals surface area contributed by atoms with Crippen LogP contribution < -0.4 is 0 Å². The zero-order valence-corrected chi connectivity index (χ0v) is 13.7. The zero-order valence-electron chi connectivity index (χ0n) is 13.7. The van der Waals surface area contributed by atoms with E-state index in [1.807, 2.05) is 11.8 Å². The molecular formula is C16H19N5O3. The van der Waals surface area contributed by atoms with Crippen LogP contribution in [0, 0.1) is 19.8 Å². The molecule has 2 aliphatic heterocycles. The van der Waals surface area contributed by atoms with Gasteiger partial charge in [-0.05, 0) is 20.3 Å². The fourth-order valence-corrected chi connectivity index (χ4v) is 3.44. The molecule has 0 aliphatic carbocycles. The van der Waals surface area contributed by atoms with Gasteiger partial charge in [-0.2, -0.15) is 4.98 Å². The first-order chi connectivity index (χ1) is 11.6. The van der Waals surface area contributed by atoms with Gasteiger partial charge in [-0.15, -0.1) is 0 Å². The molecule has 0 N–H and O–H groups in total. The number of aryl methyl sites for hydroxylation is 2. The molecule has 2 aromatic heterocycles. The van der Waals surface area contributed by atoms with E-state index in [0.717, 1.165) is 12.1 Å². The Kier molecular flexibility index (Phi) is 3.76. The van der Waals surface area contributed by atoms with Gasteiger partial charge in [0.25, 0.3) is 5.91 Å². The smallest absolute Gasteiger partial charge is 0.274 e. The molecule has 0 bridgehead atoms. The molecule has 126 valence electrons. The highest BCUT2D eigenvalue weighted by atomic mass is 16.5. The largest absolute Gasteiger partial charge is 0.372 e. The van der Waals surface area contributed by atoms with E-state index < -0.39 is 0 Å². The summed E-state index contributed by atoms with van der Waals surface area (Å²) in [6, 6.07) is 0. The third kappa shape index (κ3) is 2.89. The van der Waals surface area contributed by atoms with Gasteiger partial charge in [0, 0.05) is 25.2 Å². The number of amides is 1. The summed E-state index contributed by atoms with van der Waals surface area (Å²) in [4.78, 5) is 26.8. The van der Waals surface area contributed by atoms with Crippen LogP contribution >= 0.6 is 0 Å². The van der Waals surface area contributed by atoms with Crippen LogP contribution in [0.4, 0.5) is 0 Å². The van der Waals surface area contributed by atoms with E-state index >= 15 is 0 Å². The Labute approximate surface area is 139 Å². The molecule has 24 heavy (non-hydrogen) atoms. The van der Waals surface area contributed by atoms with Crippen LogP contribution in [-0.4, -0.2) is 56.2 Å². The molecule has 0 unspecified atom stereocenters. The standard InChI is InChI=1S/C16H19N5O3/c1-9-5-18-13(6-17-9)16(22)21-7-11-3-12(23-14(11)8-21)4-15-19-10(2)20-24-15/h5-6,11-12,14H,3-4,7-8H2,1-2H3/t11-,12+,14+/m0/s1. The quantitative estimate of drug-likeness (QED) is 0.827. The number of hydrogen-bond donors (Lipinski definition) is 0. The van der Waals surface area contributed by atoms with Crippen molar-refractivity contribution in [2.24, 2.45) is 5.92 Å². The lowest BCUT2D eigenvalue weighted by atomic mass is 10.0. The summed E-state index contributed by atoms with van der Waals surface area (Å²) in [7, 11) is 0. The monoisotopic (exact) mass is 329 g/mol. The second kappa shape index (κ2) is 5.94. The highest BCUT2D eigenvalue weighted by molar-refractivity contribution is 5.92. The van der Waals surface area contributed by atoms with Crippen molar-refractivity contribution in [3.63, 3.8) is 0 Å². The van der Waals surface area contributed by atoms with Crippen molar-refractivity contribution in [3.05, 3.63) is 35.5 Å². The third-order valence-corrected chi connectivity index (χ3v) is 4.57. The number of rotatable bonds is 3. The van der Waals surface area contributed by atoms with E-state index in [-0.39, 0.29) is 18.1 Å². The predicted octanol–water partition coefficient (Wildman–Crippen LogP) is 0.949. The van der Waals surface area contributed by atoms with Gasteiger partial charge < -0.3 is 14.2 Å². The Hall–Kier alpha value is -2.35. The van der Waals surface area contributed by atoms with E-state index in [1.54, 1.807) is 13.1 Å². The number of carbonyl (C=O) groups excluding carboxylic acids is 1. The first-order valence-corrected chi connectivity index (χ1v) is 8.11. The fraction of sp³-hybridized carbons (Fsp3) is 0.562. The molecule has 1 amide bonds. The molecule has 0 aromatic carbocycles. The number of nitrogens with zero attached hydrogens (tertiary/aromatic N) is 5. The predicted molar refractivity (Wildman–Crippen MR) is 82.2 cm³/mol. The van der Waals surface area contributed by atoms with Crippen molar-refractivity contribution in [2.75, 3.05) is 13.1 Å². The number of hydrogen-bond acceptors (Lipinski definition) is 7. The highest BCUT2D eigenvalue weighted by Gasteiger charge is 2.44. The molecule has 2 saturated heterocycles. The Morgan fingerprint density at radius 2 is 2.17 bits per heavy atom. The molecule has 4 rings (SSSR count). The van der Waals surface area contributed by atoms with E-state index in [2.05, 4.69) is 20.1 Å². The Morgan fingerprint density at radius 1 is 1.29 bits per heavy atom. The van der Waals surface area contributed by atoms with Gasteiger partial charge >= 0.3 is 0 Å². The summed E-state index contributed by atoms with van der Waals surface area (Å²) in [5.41, 5.74) is 1.19. The van der Waals surface area contributed by atoms with Gasteiger partial charge in [0.15, 0.2) is 5.82 Å². The molecule has 8 nitrogen and oxygen atoms in total. The van der Waals surface area contributed by atoms with E-state index in [0.29, 0.717) is 42.8 Å². The maximum atomic E-state index is 12.5. The normalized spacial score (nSPS) is 25.9. The number of aromatic nitrogens is 4. The minimum absolute atomic E-state index is 0.0707. The summed E-state index contributed by atoms with van der Waals surface area (Å²) in [6.45, 7) is 4.94. The average molecular weight is 329 g/mol. The number of fused-ring (bicyclic) bond motifs is 1. The van der Waals surface area contributed by atoms with Gasteiger partial charge in [-0.3, -0.25) is 9.78 Å². The van der Waals surface area contributed by atoms with Gasteiger partial charge in [-0.25, -0.2) is 4.98 Å². The second-order valence-electron chi connectivity index (χ2n) is 6.48. The molecule has 0 saturated carbocycles. The SMILES string of the molecule is Cc1cnc(C(=O)N2C[C@@H]3C[C@H](Cc4nc(C)no4)O[C@@H]3C2)cn1. The molecule has 2 aromatic rings. The van der Waals surface area contributed by atoms with Crippen LogP contribution in [0.25, 0.3) is 0 Å². The number of ether oxygens (including phenoxy) is 1. The maximum absolute atomic E-state index is 12.5. The third-order valence-electron chi connectivity index (χ3n) is 4.57. The summed E-state index contributed by atoms with van der Waals surface area (Å²) < 4.78 is 11.2. The second-order valence-corrected chi connectivity index (χ2v) is 6.48. The Bertz CT molecular complexity index is 730. The van der Waals surface area contributed by atoms with Gasteiger partial charge in [0.05, 0.1) is 30.5 Å². The first kappa shape index (κ1) is 15.2. The number of likely N-dealkylation sites (tertiary alicyclic amines) is 1. The topological polar surface area (TPSA) is 94.2 Å². The van der Waals surface area contributed by atoms with Crippen LogP contribution in [0.5, 0.6) is 0 Å². The molecule has 4 heterocycles. The van der Waals surface area contributed by atoms with Crippen LogP contribution in [0.1, 0.15) is 34.3 Å². The van der Waals surface area contributed by atoms with E-state index in [9.17, 15) is 4.79 Å². The van der Waals surface area contributed by atoms with Crippen LogP contribution in [0.15, 0.2) is 16.9 Å². The average Bonchev–Trinajstić information content (AvgIpc) is 3.22. The molecule has 2 aliphatic rings. The summed E-state index contributed by atoms with van der Waals surface area (Å²) >= 11 is 0. The van der Waals surface area contributed by atoms with E-state index in [4.69, 9.17) is 9.26 Å². The van der Waals surface area contributed by atoms with Crippen LogP contribution in [0.3, 0.4) is 0 Å². The Morgan fingerprint density at radius 3 is 2.83 bits per heavy atom. The molecule has 0 radical (unpaired) electrons. The van der Waals surface area contributed by atoms with Crippen molar-refractivity contribution in [1.29, 1.82) is 0 Å². The summed E-state index contributed by atoms with van der Waals surface area (Å²) in [6.07, 6.45) is 4.83. The van der Waals surface area contributed by atoms with Gasteiger partial charge in [0.1, 0.15) is 5.69 Å². The summed E-state index contributed by atoms with van der Waals surface area (Å²) in [5, 5.41) is 3.80. The van der Waals surface area contributed by atoms with Crippen LogP contribution in [-0.2, 0) is 11.2 Å². The molecular weight excluding hydrogens is 310 g/mol. The van der Waals surface area contributed by atoms with Gasteiger partial charge in [0.2, 0.25) is 5.89 Å². The first-order valence-electron chi connectivity index (χ1n) is 8.11. The lowest BCUT2D eigenvalue weighted by Crippen LogP contribution is -2.32. The molecule has 2 fully saturated rings. The minimum Gasteiger partial charge on any atom is -0.372 e. The fourth-order valence-electron chi connectivity index (χ4n) is 3.44. The minimum atomic E-state index is -0.0791. The van der Waals surface area contributed by atoms with Crippen molar-refractivity contribution in [2.45, 2.75) is 38.9 Å². The molecule has 8 heteroatoms. The summed E-state index contributed by atoms with van der Waals surface area (Å²) in [5.74, 6) is 1.52.